The van der Waals surface area contributed by atoms with Gasteiger partial charge in [0.1, 0.15) is 0 Å². The van der Waals surface area contributed by atoms with Crippen molar-refractivity contribution in [3.05, 3.63) is 34.9 Å². The zero-order valence-corrected chi connectivity index (χ0v) is 8.09. The van der Waals surface area contributed by atoms with Gasteiger partial charge in [-0.05, 0) is 33.6 Å². The van der Waals surface area contributed by atoms with Crippen LogP contribution in [0.5, 0.6) is 0 Å². The zero-order valence-electron chi connectivity index (χ0n) is 6.67. The van der Waals surface area contributed by atoms with E-state index in [4.69, 9.17) is 12.8 Å². The molecule has 0 bridgehead atoms. The molecule has 0 aliphatic rings. The molecule has 0 saturated heterocycles. The van der Waals surface area contributed by atoms with Gasteiger partial charge in [-0.1, -0.05) is 17.5 Å². The van der Waals surface area contributed by atoms with Crippen molar-refractivity contribution in [1.82, 2.24) is 0 Å². The van der Waals surface area contributed by atoms with Crippen LogP contribution < -0.4 is 0 Å². The van der Waals surface area contributed by atoms with Gasteiger partial charge in [0, 0.05) is 11.1 Å². The van der Waals surface area contributed by atoms with Crippen LogP contribution in [-0.4, -0.2) is 15.5 Å². The molecule has 0 unspecified atom stereocenters. The third-order valence-electron chi connectivity index (χ3n) is 1.52. The first-order valence-electron chi connectivity index (χ1n) is 3.51. The Morgan fingerprint density at radius 1 is 1.08 bits per heavy atom. The molecule has 0 atom stereocenters. The molecule has 0 nitrogen and oxygen atoms in total. The largest absolute Gasteiger partial charge is 0.115 e. The summed E-state index contributed by atoms with van der Waals surface area (Å²) in [4.78, 5) is 0. The number of rotatable bonds is 1. The van der Waals surface area contributed by atoms with Crippen LogP contribution in [0.2, 0.25) is 0 Å². The van der Waals surface area contributed by atoms with Crippen LogP contribution in [0.25, 0.3) is 0 Å². The van der Waals surface area contributed by atoms with Gasteiger partial charge in [0.2, 0.25) is 0 Å². The van der Waals surface area contributed by atoms with E-state index >= 15 is 0 Å². The Morgan fingerprint density at radius 3 is 1.92 bits per heavy atom. The van der Waals surface area contributed by atoms with E-state index < -0.39 is 0 Å². The van der Waals surface area contributed by atoms with Crippen LogP contribution in [0.15, 0.2) is 18.2 Å². The molecule has 0 amide bonds. The van der Waals surface area contributed by atoms with E-state index in [9.17, 15) is 0 Å². The van der Waals surface area contributed by atoms with Crippen molar-refractivity contribution < 1.29 is 0 Å². The maximum absolute atomic E-state index is 5.27. The second-order valence-electron chi connectivity index (χ2n) is 2.34. The first-order valence-corrected chi connectivity index (χ1v) is 4.32. The fourth-order valence-corrected chi connectivity index (χ4v) is 1.17. The Kier molecular flexibility index (Phi) is 2.64. The smallest absolute Gasteiger partial charge is 0.0260 e. The summed E-state index contributed by atoms with van der Waals surface area (Å²) in [6, 6.07) is 5.71. The van der Waals surface area contributed by atoms with Gasteiger partial charge >= 0.3 is 0 Å². The van der Waals surface area contributed by atoms with Crippen molar-refractivity contribution in [3.63, 3.8) is 0 Å². The number of hydrogen-bond donors (Lipinski definition) is 0. The van der Waals surface area contributed by atoms with Crippen LogP contribution in [0.3, 0.4) is 0 Å². The summed E-state index contributed by atoms with van der Waals surface area (Å²) < 4.78 is 0. The van der Waals surface area contributed by atoms with Gasteiger partial charge in [-0.3, -0.25) is 0 Å². The minimum Gasteiger partial charge on any atom is -0.115 e. The highest BCUT2D eigenvalue weighted by atomic mass is 28.1. The van der Waals surface area contributed by atoms with Crippen molar-refractivity contribution >= 4 is 15.5 Å². The van der Waals surface area contributed by atoms with Gasteiger partial charge in [-0.15, -0.1) is 12.8 Å². The predicted molar refractivity (Wildman–Crippen MR) is 56.0 cm³/mol. The van der Waals surface area contributed by atoms with E-state index in [1.54, 1.807) is 9.85 Å². The zero-order chi connectivity index (χ0) is 8.97. The van der Waals surface area contributed by atoms with E-state index in [-0.39, 0.29) is 0 Å². The van der Waals surface area contributed by atoms with E-state index in [1.807, 2.05) is 23.9 Å². The van der Waals surface area contributed by atoms with Crippen LogP contribution >= 0.6 is 0 Å². The van der Waals surface area contributed by atoms with Crippen molar-refractivity contribution in [2.45, 2.75) is 0 Å². The number of terminal acetylenes is 2. The molecule has 0 saturated carbocycles. The average Bonchev–Trinajstić information content (AvgIpc) is 2.16. The summed E-state index contributed by atoms with van der Waals surface area (Å²) in [5.74, 6) is 5.13. The maximum Gasteiger partial charge on any atom is 0.0260 e. The summed E-state index contributed by atoms with van der Waals surface area (Å²) in [6.07, 6.45) is 10.5. The van der Waals surface area contributed by atoms with Gasteiger partial charge in [-0.2, -0.15) is 0 Å². The molecular weight excluding hydrogens is 160 g/mol. The highest BCUT2D eigenvalue weighted by molar-refractivity contribution is 6.32. The SMILES string of the molecule is C#Cc1cc(C#C)cc(C=[SiH2])c1. The average molecular weight is 168 g/mol. The Hall–Kier alpha value is -1.57. The third-order valence-corrected chi connectivity index (χ3v) is 2.00. The van der Waals surface area contributed by atoms with Crippen LogP contribution in [-0.2, 0) is 0 Å². The first kappa shape index (κ1) is 8.52. The van der Waals surface area contributed by atoms with Crippen molar-refractivity contribution in [1.29, 1.82) is 0 Å². The summed E-state index contributed by atoms with van der Waals surface area (Å²) in [5.41, 5.74) is 4.75. The highest BCUT2D eigenvalue weighted by Crippen LogP contribution is 2.06. The Bertz CT molecular complexity index is 356. The summed E-state index contributed by atoms with van der Waals surface area (Å²) in [6.45, 7) is 0. The van der Waals surface area contributed by atoms with E-state index in [0.29, 0.717) is 0 Å². The van der Waals surface area contributed by atoms with Gasteiger partial charge in [0.25, 0.3) is 0 Å². The molecule has 12 heavy (non-hydrogen) atoms. The van der Waals surface area contributed by atoms with E-state index in [0.717, 1.165) is 16.7 Å². The van der Waals surface area contributed by atoms with Crippen molar-refractivity contribution in [2.75, 3.05) is 0 Å². The minimum atomic E-state index is 0.836. The molecule has 0 aliphatic carbocycles. The monoisotopic (exact) mass is 168 g/mol. The molecule has 1 aromatic rings. The Labute approximate surface area is 75.7 Å². The van der Waals surface area contributed by atoms with Crippen LogP contribution in [0, 0.1) is 24.7 Å². The van der Waals surface area contributed by atoms with Crippen molar-refractivity contribution in [2.24, 2.45) is 0 Å². The fourth-order valence-electron chi connectivity index (χ4n) is 0.936. The maximum atomic E-state index is 5.27. The summed E-state index contributed by atoms with van der Waals surface area (Å²) in [5, 5.41) is 0. The second kappa shape index (κ2) is 3.71. The number of benzene rings is 1. The second-order valence-corrected chi connectivity index (χ2v) is 2.74. The normalized spacial score (nSPS) is 8.17. The summed E-state index contributed by atoms with van der Waals surface area (Å²) >= 11 is 0. The Morgan fingerprint density at radius 2 is 1.58 bits per heavy atom. The summed E-state index contributed by atoms with van der Waals surface area (Å²) in [7, 11) is 1.77. The molecule has 0 spiro atoms. The number of hydrogen-bond acceptors (Lipinski definition) is 0. The molecule has 0 aliphatic heterocycles. The topological polar surface area (TPSA) is 0 Å². The first-order chi connectivity index (χ1) is 5.80. The highest BCUT2D eigenvalue weighted by Gasteiger charge is 1.93. The van der Waals surface area contributed by atoms with Gasteiger partial charge in [0.05, 0.1) is 0 Å². The lowest BCUT2D eigenvalue weighted by atomic mass is 10.1. The predicted octanol–water partition coefficient (Wildman–Crippen LogP) is 0.433. The third kappa shape index (κ3) is 1.72. The molecule has 1 rings (SSSR count). The van der Waals surface area contributed by atoms with Crippen LogP contribution in [0.1, 0.15) is 16.7 Å². The molecule has 0 aromatic heterocycles. The molecular formula is C11H8Si. The lowest BCUT2D eigenvalue weighted by molar-refractivity contribution is 1.59. The van der Waals surface area contributed by atoms with E-state index in [1.165, 1.54) is 0 Å². The molecule has 56 valence electrons. The molecule has 0 N–H and O–H groups in total. The molecule has 0 heterocycles. The van der Waals surface area contributed by atoms with Gasteiger partial charge in [-0.25, -0.2) is 0 Å². The van der Waals surface area contributed by atoms with E-state index in [2.05, 4.69) is 11.8 Å². The molecule has 1 heteroatoms. The quantitative estimate of drug-likeness (QED) is 0.421. The molecule has 0 radical (unpaired) electrons. The minimum absolute atomic E-state index is 0.836. The van der Waals surface area contributed by atoms with Gasteiger partial charge < -0.3 is 0 Å². The lowest BCUT2D eigenvalue weighted by Gasteiger charge is -1.97. The molecule has 0 fully saturated rings. The van der Waals surface area contributed by atoms with Crippen LogP contribution in [0.4, 0.5) is 0 Å². The standard InChI is InChI=1S/C11H8Si/c1-3-9-5-10(4-2)7-11(6-9)8-12/h1-2,5-8H,12H2. The van der Waals surface area contributed by atoms with Gasteiger partial charge in [0.15, 0.2) is 0 Å². The fraction of sp³-hybridized carbons (Fsp3) is 0. The lowest BCUT2D eigenvalue weighted by Crippen LogP contribution is -1.86. The molecule has 1 aromatic carbocycles. The Balaban J connectivity index is 3.33. The van der Waals surface area contributed by atoms with Crippen molar-refractivity contribution in [3.8, 4) is 24.7 Å².